The summed E-state index contributed by atoms with van der Waals surface area (Å²) >= 11 is 0. The lowest BCUT2D eigenvalue weighted by atomic mass is 9.95. The third kappa shape index (κ3) is 5.41. The second-order valence-electron chi connectivity index (χ2n) is 13.2. The number of ether oxygens (including phenoxy) is 3. The zero-order valence-corrected chi connectivity index (χ0v) is 27.7. The molecule has 0 unspecified atom stereocenters. The number of fused-ring (bicyclic) bond motifs is 2. The highest BCUT2D eigenvalue weighted by Gasteiger charge is 2.49. The fraction of sp³-hybridized carbons (Fsp3) is 0.316. The summed E-state index contributed by atoms with van der Waals surface area (Å²) < 4.78 is 64.8. The van der Waals surface area contributed by atoms with Crippen molar-refractivity contribution in [2.75, 3.05) is 43.5 Å². The summed E-state index contributed by atoms with van der Waals surface area (Å²) in [5.41, 5.74) is 6.70. The molecule has 3 aliphatic heterocycles. The van der Waals surface area contributed by atoms with Gasteiger partial charge in [0.2, 0.25) is 11.8 Å². The number of terminal acetylenes is 1. The van der Waals surface area contributed by atoms with Crippen molar-refractivity contribution >= 4 is 39.7 Å². The van der Waals surface area contributed by atoms with E-state index in [9.17, 15) is 9.18 Å². The van der Waals surface area contributed by atoms with Crippen molar-refractivity contribution in [2.45, 2.75) is 43.9 Å². The van der Waals surface area contributed by atoms with Crippen LogP contribution in [0.1, 0.15) is 43.4 Å². The number of halogens is 3. The highest BCUT2D eigenvalue weighted by molar-refractivity contribution is 6.05. The van der Waals surface area contributed by atoms with Gasteiger partial charge in [-0.15, -0.1) is 6.42 Å². The average Bonchev–Trinajstić information content (AvgIpc) is 3.58. The topological polar surface area (TPSA) is 116 Å². The number of nitrogens with two attached hydrogens (primary N) is 1. The number of hydrogen-bond acceptors (Lipinski definition) is 10. The van der Waals surface area contributed by atoms with Crippen LogP contribution in [0.5, 0.6) is 17.5 Å². The molecule has 2 N–H and O–H groups in total. The van der Waals surface area contributed by atoms with Crippen LogP contribution in [0, 0.1) is 24.0 Å². The van der Waals surface area contributed by atoms with Crippen LogP contribution in [0.2, 0.25) is 0 Å². The minimum Gasteiger partial charge on any atom is -0.476 e. The number of carbonyl (C=O) groups is 1. The summed E-state index contributed by atoms with van der Waals surface area (Å²) in [4.78, 5) is 29.1. The first kappa shape index (κ1) is 32.6. The van der Waals surface area contributed by atoms with Crippen molar-refractivity contribution in [3.63, 3.8) is 0 Å². The summed E-state index contributed by atoms with van der Waals surface area (Å²) in [5.74, 6) is 1.44. The van der Waals surface area contributed by atoms with Crippen LogP contribution in [0.25, 0.3) is 32.9 Å². The number of nitrogen functional groups attached to an aromatic ring is 1. The van der Waals surface area contributed by atoms with E-state index in [1.807, 2.05) is 17.9 Å². The van der Waals surface area contributed by atoms with E-state index >= 15 is 8.78 Å². The lowest BCUT2D eigenvalue weighted by Crippen LogP contribution is -2.43. The molecule has 0 aliphatic carbocycles. The molecule has 13 heteroatoms. The van der Waals surface area contributed by atoms with Gasteiger partial charge in [0, 0.05) is 41.7 Å². The number of nitrogens with zero attached hydrogens (tertiary/aromatic N) is 5. The van der Waals surface area contributed by atoms with Crippen molar-refractivity contribution < 1.29 is 32.2 Å². The van der Waals surface area contributed by atoms with E-state index in [1.165, 1.54) is 24.3 Å². The van der Waals surface area contributed by atoms with E-state index in [0.29, 0.717) is 36.4 Å². The molecule has 3 aromatic heterocycles. The first-order chi connectivity index (χ1) is 24.7. The van der Waals surface area contributed by atoms with Gasteiger partial charge in [-0.1, -0.05) is 18.1 Å². The number of hydrogen-bond donors (Lipinski definition) is 1. The molecule has 2 saturated heterocycles. The van der Waals surface area contributed by atoms with Crippen LogP contribution < -0.4 is 24.8 Å². The van der Waals surface area contributed by atoms with E-state index in [-0.39, 0.29) is 76.3 Å². The number of alkyl halides is 1. The van der Waals surface area contributed by atoms with E-state index in [4.69, 9.17) is 26.4 Å². The summed E-state index contributed by atoms with van der Waals surface area (Å²) in [6.45, 7) is 3.99. The van der Waals surface area contributed by atoms with E-state index in [2.05, 4.69) is 25.8 Å². The number of rotatable bonds is 8. The highest BCUT2D eigenvalue weighted by atomic mass is 19.1. The van der Waals surface area contributed by atoms with Crippen molar-refractivity contribution in [3.8, 4) is 41.1 Å². The van der Waals surface area contributed by atoms with Crippen LogP contribution in [0.4, 0.5) is 24.7 Å². The Morgan fingerprint density at radius 3 is 2.86 bits per heavy atom. The fourth-order valence-corrected chi connectivity index (χ4v) is 8.02. The Kier molecular flexibility index (Phi) is 8.06. The predicted octanol–water partition coefficient (Wildman–Crippen LogP) is 6.14. The van der Waals surface area contributed by atoms with Gasteiger partial charge < -0.3 is 24.8 Å². The Morgan fingerprint density at radius 1 is 1.20 bits per heavy atom. The van der Waals surface area contributed by atoms with E-state index in [0.717, 1.165) is 24.9 Å². The Hall–Kier alpha value is -5.61. The summed E-state index contributed by atoms with van der Waals surface area (Å²) in [5, 5.41) is 0.878. The fourth-order valence-electron chi connectivity index (χ4n) is 8.02. The van der Waals surface area contributed by atoms with Gasteiger partial charge in [-0.05, 0) is 56.0 Å². The predicted molar refractivity (Wildman–Crippen MR) is 185 cm³/mol. The molecule has 6 heterocycles. The molecule has 0 spiro atoms. The number of aromatic nitrogens is 3. The molecule has 260 valence electrons. The number of pyridine rings is 3. The Morgan fingerprint density at radius 2 is 2.06 bits per heavy atom. The second kappa shape index (κ2) is 12.6. The SMILES string of the molecule is C#Cc1c(F)ccc2cc(OC=O)cc(-c3nc4c5c(cc(OC[C@@]67CCCN6C[C@H](F)C7)nc5c3F)N([C@@H](C)c3cccnc3N)CCO4)c12. The van der Waals surface area contributed by atoms with Gasteiger partial charge in [-0.25, -0.2) is 28.1 Å². The highest BCUT2D eigenvalue weighted by Crippen LogP contribution is 2.46. The maximum Gasteiger partial charge on any atom is 0.298 e. The lowest BCUT2D eigenvalue weighted by Gasteiger charge is -2.32. The monoisotopic (exact) mass is 694 g/mol. The maximum absolute atomic E-state index is 17.3. The van der Waals surface area contributed by atoms with Gasteiger partial charge in [0.15, 0.2) is 5.82 Å². The van der Waals surface area contributed by atoms with Crippen LogP contribution >= 0.6 is 0 Å². The zero-order chi connectivity index (χ0) is 35.4. The first-order valence-electron chi connectivity index (χ1n) is 16.7. The van der Waals surface area contributed by atoms with Gasteiger partial charge in [-0.3, -0.25) is 9.69 Å². The minimum absolute atomic E-state index is 0.0676. The molecule has 5 aromatic rings. The third-order valence-electron chi connectivity index (χ3n) is 10.4. The molecule has 0 amide bonds. The molecule has 10 nitrogen and oxygen atoms in total. The maximum atomic E-state index is 17.3. The van der Waals surface area contributed by atoms with E-state index in [1.54, 1.807) is 18.3 Å². The van der Waals surface area contributed by atoms with Crippen molar-refractivity contribution in [1.82, 2.24) is 19.9 Å². The Labute approximate surface area is 291 Å². The molecular weight excluding hydrogens is 661 g/mol. The number of carbonyl (C=O) groups excluding carboxylic acids is 1. The molecule has 0 bridgehead atoms. The number of benzene rings is 2. The molecule has 2 fully saturated rings. The molecule has 2 aromatic carbocycles. The van der Waals surface area contributed by atoms with Gasteiger partial charge in [0.1, 0.15) is 48.0 Å². The molecule has 3 atom stereocenters. The zero-order valence-electron chi connectivity index (χ0n) is 27.7. The normalized spacial score (nSPS) is 20.5. The van der Waals surface area contributed by atoms with Crippen molar-refractivity contribution in [3.05, 3.63) is 71.4 Å². The molecule has 0 saturated carbocycles. The molecule has 3 aliphatic rings. The molecule has 51 heavy (non-hydrogen) atoms. The van der Waals surface area contributed by atoms with Gasteiger partial charge >= 0.3 is 0 Å². The average molecular weight is 695 g/mol. The molecule has 8 rings (SSSR count). The first-order valence-corrected chi connectivity index (χ1v) is 16.7. The van der Waals surface area contributed by atoms with Crippen LogP contribution in [-0.4, -0.2) is 70.9 Å². The third-order valence-corrected chi connectivity index (χ3v) is 10.4. The minimum atomic E-state index is -0.957. The lowest BCUT2D eigenvalue weighted by molar-refractivity contribution is -0.120. The van der Waals surface area contributed by atoms with Crippen LogP contribution in [-0.2, 0) is 4.79 Å². The standard InChI is InChI=1S/C38H33F3N6O4/c1-3-25-28(40)8-7-22-14-24(51-20-48)15-27(31(22)25)34-33(41)35-32-29(16-30(44-35)50-19-38-9-5-11-46(38)18-23(39)17-38)47(12-13-49-37(32)45-34)21(2)26-6-4-10-43-36(26)42/h1,4,6-8,10,14-16,20-21,23H,5,9,11-13,17-19H2,2H3,(H2,42,43)/t21-,23+,38-/m0/s1. The smallest absolute Gasteiger partial charge is 0.298 e. The van der Waals surface area contributed by atoms with Crippen molar-refractivity contribution in [1.29, 1.82) is 0 Å². The summed E-state index contributed by atoms with van der Waals surface area (Å²) in [6, 6.07) is 10.6. The quantitative estimate of drug-likeness (QED) is 0.150. The largest absolute Gasteiger partial charge is 0.476 e. The van der Waals surface area contributed by atoms with Crippen molar-refractivity contribution in [2.24, 2.45) is 0 Å². The van der Waals surface area contributed by atoms with E-state index < -0.39 is 23.3 Å². The van der Waals surface area contributed by atoms with Crippen LogP contribution in [0.15, 0.2) is 48.7 Å². The Bertz CT molecular complexity index is 2260. The number of anilines is 2. The van der Waals surface area contributed by atoms with Crippen LogP contribution in [0.3, 0.4) is 0 Å². The Balaban J connectivity index is 1.35. The molecule has 0 radical (unpaired) electrons. The second-order valence-corrected chi connectivity index (χ2v) is 13.2. The summed E-state index contributed by atoms with van der Waals surface area (Å²) in [7, 11) is 0. The molecular formula is C38H33F3N6O4. The van der Waals surface area contributed by atoms with Gasteiger partial charge in [0.25, 0.3) is 6.47 Å². The van der Waals surface area contributed by atoms with Gasteiger partial charge in [0.05, 0.1) is 34.8 Å². The summed E-state index contributed by atoms with van der Waals surface area (Å²) in [6.07, 6.45) is 8.45. The van der Waals surface area contributed by atoms with Gasteiger partial charge in [-0.2, -0.15) is 0 Å².